The summed E-state index contributed by atoms with van der Waals surface area (Å²) < 4.78 is 5.21. The molecule has 0 aromatic carbocycles. The average Bonchev–Trinajstić information content (AvgIpc) is 2.66. The van der Waals surface area contributed by atoms with E-state index in [0.29, 0.717) is 0 Å². The minimum atomic E-state index is -1.35. The second kappa shape index (κ2) is 6.53. The summed E-state index contributed by atoms with van der Waals surface area (Å²) in [6.45, 7) is 3.91. The number of hydrogen-bond donors (Lipinski definition) is 4. The molecule has 0 radical (unpaired) electrons. The highest BCUT2D eigenvalue weighted by atomic mass is 16.6. The van der Waals surface area contributed by atoms with E-state index in [4.69, 9.17) is 15.3 Å². The van der Waals surface area contributed by atoms with Crippen LogP contribution in [0.4, 0.5) is 0 Å². The first-order valence-electron chi connectivity index (χ1n) is 5.57. The van der Waals surface area contributed by atoms with Crippen molar-refractivity contribution in [3.8, 4) is 0 Å². The van der Waals surface area contributed by atoms with Gasteiger partial charge < -0.3 is 20.1 Å². The molecule has 4 N–H and O–H groups in total. The molecular formula is C11H17N3O5. The van der Waals surface area contributed by atoms with E-state index in [9.17, 15) is 15.0 Å². The van der Waals surface area contributed by atoms with Crippen LogP contribution in [-0.4, -0.2) is 69.8 Å². The lowest BCUT2D eigenvalue weighted by atomic mass is 10.1. The minimum absolute atomic E-state index is 0.169. The summed E-state index contributed by atoms with van der Waals surface area (Å²) >= 11 is 0. The van der Waals surface area contributed by atoms with Crippen LogP contribution in [0, 0.1) is 5.41 Å². The molecule has 1 unspecified atom stereocenters. The van der Waals surface area contributed by atoms with Crippen LogP contribution in [0.2, 0.25) is 0 Å². The van der Waals surface area contributed by atoms with E-state index in [1.165, 1.54) is 19.2 Å². The van der Waals surface area contributed by atoms with E-state index in [1.54, 1.807) is 0 Å². The molecule has 106 valence electrons. The molecule has 0 aromatic heterocycles. The van der Waals surface area contributed by atoms with Crippen molar-refractivity contribution in [2.75, 3.05) is 6.61 Å². The third kappa shape index (κ3) is 3.44. The molecule has 1 amide bonds. The maximum atomic E-state index is 11.5. The number of ether oxygens (including phenoxy) is 1. The zero-order valence-corrected chi connectivity index (χ0v) is 10.4. The smallest absolute Gasteiger partial charge is 0.225 e. The van der Waals surface area contributed by atoms with E-state index in [0.717, 1.165) is 4.90 Å². The van der Waals surface area contributed by atoms with Gasteiger partial charge >= 0.3 is 0 Å². The third-order valence-corrected chi connectivity index (χ3v) is 2.72. The van der Waals surface area contributed by atoms with Crippen LogP contribution in [0.1, 0.15) is 6.92 Å². The molecule has 0 saturated carbocycles. The van der Waals surface area contributed by atoms with E-state index in [1.807, 2.05) is 0 Å². The summed E-state index contributed by atoms with van der Waals surface area (Å²) in [6.07, 6.45) is -2.33. The van der Waals surface area contributed by atoms with Gasteiger partial charge in [0.15, 0.2) is 6.23 Å². The molecule has 0 aromatic rings. The zero-order valence-electron chi connectivity index (χ0n) is 10.4. The van der Waals surface area contributed by atoms with E-state index < -0.39 is 37.1 Å². The first-order chi connectivity index (χ1) is 8.92. The molecule has 19 heavy (non-hydrogen) atoms. The lowest BCUT2D eigenvalue weighted by molar-refractivity contribution is -0.143. The highest BCUT2D eigenvalue weighted by Crippen LogP contribution is 2.24. The molecule has 8 heteroatoms. The largest absolute Gasteiger partial charge is 0.394 e. The molecule has 1 aliphatic rings. The second-order valence-corrected chi connectivity index (χ2v) is 4.01. The van der Waals surface area contributed by atoms with Crippen molar-refractivity contribution >= 4 is 18.5 Å². The Morgan fingerprint density at radius 1 is 1.53 bits per heavy atom. The predicted octanol–water partition coefficient (Wildman–Crippen LogP) is -1.53. The van der Waals surface area contributed by atoms with Crippen molar-refractivity contribution in [1.29, 1.82) is 5.41 Å². The summed E-state index contributed by atoms with van der Waals surface area (Å²) in [5.41, 5.74) is 0. The van der Waals surface area contributed by atoms with Crippen molar-refractivity contribution in [2.45, 2.75) is 31.5 Å². The number of aliphatic hydroxyl groups excluding tert-OH is 3. The normalized spacial score (nSPS) is 30.5. The van der Waals surface area contributed by atoms with Crippen LogP contribution in [0.25, 0.3) is 0 Å². The first-order valence-corrected chi connectivity index (χ1v) is 5.57. The van der Waals surface area contributed by atoms with Gasteiger partial charge in [-0.2, -0.15) is 0 Å². The molecular weight excluding hydrogens is 254 g/mol. The zero-order chi connectivity index (χ0) is 14.6. The standard InChI is InChI=1S/C11H17N3O5/c1-6(16)14(4-3-8(12)13-2)11-10(18)9(17)7(5-15)19-11/h3-4,7,9-12,15,17-18H,2,5H2,1H3/b4-3-,12-8?/t7-,9?,10+,11-/m1/s1. The van der Waals surface area contributed by atoms with E-state index in [-0.39, 0.29) is 5.84 Å². The van der Waals surface area contributed by atoms with Crippen LogP contribution in [0.5, 0.6) is 0 Å². The van der Waals surface area contributed by atoms with Crippen molar-refractivity contribution in [2.24, 2.45) is 4.99 Å². The highest BCUT2D eigenvalue weighted by molar-refractivity contribution is 5.93. The Balaban J connectivity index is 2.89. The molecule has 1 aliphatic heterocycles. The van der Waals surface area contributed by atoms with Crippen LogP contribution in [0.15, 0.2) is 17.3 Å². The van der Waals surface area contributed by atoms with Gasteiger partial charge in [-0.15, -0.1) is 0 Å². The highest BCUT2D eigenvalue weighted by Gasteiger charge is 2.45. The maximum Gasteiger partial charge on any atom is 0.225 e. The Hall–Kier alpha value is -1.61. The fourth-order valence-corrected chi connectivity index (χ4v) is 1.68. The molecule has 0 spiro atoms. The number of nitrogens with one attached hydrogen (secondary N) is 1. The monoisotopic (exact) mass is 271 g/mol. The number of carbonyl (C=O) groups excluding carboxylic acids is 1. The molecule has 1 heterocycles. The summed E-state index contributed by atoms with van der Waals surface area (Å²) in [5.74, 6) is -0.624. The lowest BCUT2D eigenvalue weighted by Gasteiger charge is -2.26. The van der Waals surface area contributed by atoms with Crippen molar-refractivity contribution in [3.63, 3.8) is 0 Å². The van der Waals surface area contributed by atoms with Crippen LogP contribution in [0.3, 0.4) is 0 Å². The van der Waals surface area contributed by atoms with Crippen LogP contribution >= 0.6 is 0 Å². The predicted molar refractivity (Wildman–Crippen MR) is 66.7 cm³/mol. The molecule has 1 fully saturated rings. The fraction of sp³-hybridized carbons (Fsp3) is 0.545. The summed E-state index contributed by atoms with van der Waals surface area (Å²) in [6, 6.07) is 0. The Morgan fingerprint density at radius 2 is 2.16 bits per heavy atom. The Labute approximate surface area is 110 Å². The van der Waals surface area contributed by atoms with Gasteiger partial charge in [-0.3, -0.25) is 15.1 Å². The number of nitrogens with zero attached hydrogens (tertiary/aromatic N) is 2. The summed E-state index contributed by atoms with van der Waals surface area (Å²) in [4.78, 5) is 15.8. The third-order valence-electron chi connectivity index (χ3n) is 2.72. The first kappa shape index (κ1) is 15.4. The van der Waals surface area contributed by atoms with Gasteiger partial charge in [0, 0.05) is 13.1 Å². The average molecular weight is 271 g/mol. The molecule has 8 nitrogen and oxygen atoms in total. The van der Waals surface area contributed by atoms with E-state index in [2.05, 4.69) is 11.7 Å². The molecule has 0 aliphatic carbocycles. The summed E-state index contributed by atoms with van der Waals surface area (Å²) in [7, 11) is 0. The van der Waals surface area contributed by atoms with Gasteiger partial charge in [0.25, 0.3) is 0 Å². The van der Waals surface area contributed by atoms with Crippen molar-refractivity contribution < 1.29 is 24.9 Å². The number of aliphatic hydroxyl groups is 3. The number of amidine groups is 1. The SMILES string of the molecule is C=NC(=N)/C=C\N(C(C)=O)[C@@H]1O[C@H](CO)C(O)[C@@H]1O. The molecule has 4 atom stereocenters. The van der Waals surface area contributed by atoms with Gasteiger partial charge in [-0.05, 0) is 12.8 Å². The van der Waals surface area contributed by atoms with Gasteiger partial charge in [0.2, 0.25) is 5.91 Å². The molecule has 0 bridgehead atoms. The Kier molecular flexibility index (Phi) is 5.31. The lowest BCUT2D eigenvalue weighted by Crippen LogP contribution is -2.43. The van der Waals surface area contributed by atoms with Crippen molar-refractivity contribution in [3.05, 3.63) is 12.3 Å². The topological polar surface area (TPSA) is 126 Å². The van der Waals surface area contributed by atoms with Crippen LogP contribution in [-0.2, 0) is 9.53 Å². The van der Waals surface area contributed by atoms with Crippen molar-refractivity contribution in [1.82, 2.24) is 4.90 Å². The summed E-state index contributed by atoms with van der Waals surface area (Å²) in [5, 5.41) is 35.6. The number of amides is 1. The molecule has 1 rings (SSSR count). The van der Waals surface area contributed by atoms with Gasteiger partial charge in [0.1, 0.15) is 24.1 Å². The van der Waals surface area contributed by atoms with Gasteiger partial charge in [-0.1, -0.05) is 0 Å². The minimum Gasteiger partial charge on any atom is -0.394 e. The van der Waals surface area contributed by atoms with E-state index >= 15 is 0 Å². The Bertz CT molecular complexity index is 398. The number of aliphatic imine (C=N–C) groups is 1. The van der Waals surface area contributed by atoms with Gasteiger partial charge in [-0.25, -0.2) is 4.99 Å². The number of carbonyl (C=O) groups is 1. The fourth-order valence-electron chi connectivity index (χ4n) is 1.68. The quantitative estimate of drug-likeness (QED) is 0.364. The van der Waals surface area contributed by atoms with Crippen LogP contribution < -0.4 is 0 Å². The second-order valence-electron chi connectivity index (χ2n) is 4.01. The van der Waals surface area contributed by atoms with Gasteiger partial charge in [0.05, 0.1) is 6.61 Å². The molecule has 1 saturated heterocycles. The Morgan fingerprint density at radius 3 is 2.58 bits per heavy atom. The maximum absolute atomic E-state index is 11.5. The number of rotatable bonds is 4. The number of hydrogen-bond acceptors (Lipinski definition) is 6.